The third-order valence-electron chi connectivity index (χ3n) is 11.4. The smallest absolute Gasteiger partial charge is 0.446 e. The van der Waals surface area contributed by atoms with Gasteiger partial charge in [-0.2, -0.15) is 8.42 Å². The third-order valence-corrected chi connectivity index (χ3v) is 11.8. The number of carboxylic acids is 1. The van der Waals surface area contributed by atoms with Gasteiger partial charge >= 0.3 is 16.4 Å². The molecule has 0 saturated carbocycles. The van der Waals surface area contributed by atoms with Crippen LogP contribution in [0.3, 0.4) is 0 Å². The first-order valence-corrected chi connectivity index (χ1v) is 23.7. The minimum Gasteiger partial charge on any atom is -0.481 e. The van der Waals surface area contributed by atoms with Crippen molar-refractivity contribution in [2.45, 2.75) is 102 Å². The number of para-hydroxylation sites is 1. The average Bonchev–Trinajstić information content (AvgIpc) is 3.71. The van der Waals surface area contributed by atoms with E-state index in [-0.39, 0.29) is 31.4 Å². The fourth-order valence-electron chi connectivity index (χ4n) is 7.41. The molecular formula is C47H60N8O13S. The number of primary amides is 1. The normalized spacial score (nSPS) is 13.9. The second-order valence-corrected chi connectivity index (χ2v) is 17.6. The molecule has 6 atom stereocenters. The molecule has 69 heavy (non-hydrogen) atoms. The van der Waals surface area contributed by atoms with Crippen molar-refractivity contribution in [1.29, 1.82) is 0 Å². The molecule has 0 aliphatic rings. The number of carboxylic acid groups (broad SMARTS) is 1. The van der Waals surface area contributed by atoms with Crippen molar-refractivity contribution in [3.63, 3.8) is 0 Å². The van der Waals surface area contributed by atoms with E-state index >= 15 is 0 Å². The molecule has 4 rings (SSSR count). The number of nitrogens with two attached hydrogens (primary N) is 1. The summed E-state index contributed by atoms with van der Waals surface area (Å²) >= 11 is 0. The molecule has 3 aromatic carbocycles. The van der Waals surface area contributed by atoms with Gasteiger partial charge in [-0.3, -0.25) is 42.9 Å². The number of hydrogen-bond acceptors (Lipinski definition) is 11. The van der Waals surface area contributed by atoms with Crippen molar-refractivity contribution in [1.82, 2.24) is 36.5 Å². The summed E-state index contributed by atoms with van der Waals surface area (Å²) in [5.74, 6) is -7.55. The monoisotopic (exact) mass is 976 g/mol. The molecular weight excluding hydrogens is 917 g/mol. The highest BCUT2D eigenvalue weighted by molar-refractivity contribution is 7.81. The number of nitrogens with zero attached hydrogens (tertiary/aromatic N) is 1. The Morgan fingerprint density at radius 3 is 2.03 bits per heavy atom. The van der Waals surface area contributed by atoms with Crippen LogP contribution >= 0.6 is 0 Å². The molecule has 0 saturated heterocycles. The summed E-state index contributed by atoms with van der Waals surface area (Å²) in [6.07, 6.45) is 2.01. The maximum atomic E-state index is 14.3. The van der Waals surface area contributed by atoms with Crippen molar-refractivity contribution in [3.8, 4) is 5.75 Å². The van der Waals surface area contributed by atoms with E-state index in [9.17, 15) is 51.9 Å². The summed E-state index contributed by atoms with van der Waals surface area (Å²) < 4.78 is 35.3. The Hall–Kier alpha value is -7.33. The summed E-state index contributed by atoms with van der Waals surface area (Å²) in [5, 5.41) is 23.5. The van der Waals surface area contributed by atoms with Crippen LogP contribution in [0.2, 0.25) is 0 Å². The van der Waals surface area contributed by atoms with Gasteiger partial charge in [-0.1, -0.05) is 101 Å². The van der Waals surface area contributed by atoms with Crippen molar-refractivity contribution in [2.24, 2.45) is 11.7 Å². The van der Waals surface area contributed by atoms with E-state index in [0.717, 1.165) is 15.8 Å². The maximum absolute atomic E-state index is 14.3. The van der Waals surface area contributed by atoms with Gasteiger partial charge in [-0.25, -0.2) is 0 Å². The molecule has 1 heterocycles. The van der Waals surface area contributed by atoms with Gasteiger partial charge in [0.15, 0.2) is 0 Å². The number of carbonyl (C=O) groups is 8. The number of hydrogen-bond donors (Lipinski definition) is 9. The topological polar surface area (TPSA) is 326 Å². The summed E-state index contributed by atoms with van der Waals surface area (Å²) in [5.41, 5.74) is 8.15. The minimum atomic E-state index is -4.75. The van der Waals surface area contributed by atoms with E-state index in [1.165, 1.54) is 31.3 Å². The van der Waals surface area contributed by atoms with Crippen LogP contribution in [-0.2, 0) is 68.0 Å². The number of rotatable bonds is 27. The van der Waals surface area contributed by atoms with E-state index in [1.807, 2.05) is 25.1 Å². The van der Waals surface area contributed by atoms with Gasteiger partial charge in [0.1, 0.15) is 36.0 Å². The molecule has 7 amide bonds. The highest BCUT2D eigenvalue weighted by Gasteiger charge is 2.35. The van der Waals surface area contributed by atoms with Gasteiger partial charge in [0, 0.05) is 37.0 Å². The molecule has 0 radical (unpaired) electrons. The number of carbonyl (C=O) groups excluding carboxylic acids is 7. The SMILES string of the molecule is CCCCC(NC(=O)C(Cc1c[nH]c2ccccc12)NC(=O)CNC(=O)C(NC(=O)Cc1ccc(OS(=O)(=O)O)cc1)C(C)CC)C(=O)NC(CC(=O)O)C(=O)N(C)C(Cc1ccccc1)C(N)=O. The van der Waals surface area contributed by atoms with Gasteiger partial charge in [0.25, 0.3) is 0 Å². The Bertz CT molecular complexity index is 2550. The third kappa shape index (κ3) is 17.1. The number of amides is 7. The van der Waals surface area contributed by atoms with Crippen LogP contribution in [0.15, 0.2) is 85.1 Å². The summed E-state index contributed by atoms with van der Waals surface area (Å²) in [4.78, 5) is 111. The standard InChI is InChI=1S/C47H60N8O13S/c1-5-7-16-35(44(61)53-37(25-41(58)59)47(64)55(4)38(43(48)60)22-29-13-9-8-10-14-29)52-45(62)36(24-31-26-49-34-17-12-11-15-33(31)34)51-40(57)27-50-46(63)42(28(3)6-2)54-39(56)23-30-18-20-32(21-19-30)68-69(65,66)67/h8-15,17-21,26,28,35-38,42,49H,5-7,16,22-25,27H2,1-4H3,(H2,48,60)(H,50,63)(H,51,57)(H,52,62)(H,53,61)(H,54,56)(H,58,59)(H,65,66,67). The summed E-state index contributed by atoms with van der Waals surface area (Å²) in [7, 11) is -3.48. The number of aromatic amines is 1. The fraction of sp³-hybridized carbons (Fsp3) is 0.404. The molecule has 0 aliphatic heterocycles. The molecule has 6 unspecified atom stereocenters. The van der Waals surface area contributed by atoms with Crippen molar-refractivity contribution >= 4 is 68.6 Å². The summed E-state index contributed by atoms with van der Waals surface area (Å²) in [6.45, 7) is 4.74. The molecule has 10 N–H and O–H groups in total. The lowest BCUT2D eigenvalue weighted by molar-refractivity contribution is -0.146. The molecule has 0 aliphatic carbocycles. The van der Waals surface area contributed by atoms with E-state index in [4.69, 9.17) is 10.3 Å². The Labute approximate surface area is 399 Å². The van der Waals surface area contributed by atoms with E-state index in [1.54, 1.807) is 56.4 Å². The van der Waals surface area contributed by atoms with Crippen LogP contribution in [0.25, 0.3) is 10.9 Å². The van der Waals surface area contributed by atoms with Crippen molar-refractivity contribution < 1.29 is 60.6 Å². The zero-order chi connectivity index (χ0) is 50.8. The van der Waals surface area contributed by atoms with Gasteiger partial charge in [-0.15, -0.1) is 0 Å². The molecule has 0 bridgehead atoms. The number of H-pyrrole nitrogens is 1. The van der Waals surface area contributed by atoms with Crippen molar-refractivity contribution in [2.75, 3.05) is 13.6 Å². The van der Waals surface area contributed by atoms with Crippen LogP contribution in [0.5, 0.6) is 5.75 Å². The van der Waals surface area contributed by atoms with E-state index in [0.29, 0.717) is 36.0 Å². The van der Waals surface area contributed by atoms with Crippen LogP contribution in [0, 0.1) is 5.92 Å². The van der Waals surface area contributed by atoms with Gasteiger partial charge in [0.2, 0.25) is 41.4 Å². The molecule has 372 valence electrons. The number of aromatic nitrogens is 1. The van der Waals surface area contributed by atoms with Crippen LogP contribution in [-0.4, -0.2) is 119 Å². The number of benzene rings is 3. The second-order valence-electron chi connectivity index (χ2n) is 16.6. The molecule has 4 aromatic rings. The predicted molar refractivity (Wildman–Crippen MR) is 252 cm³/mol. The highest BCUT2D eigenvalue weighted by atomic mass is 32.3. The molecule has 0 spiro atoms. The van der Waals surface area contributed by atoms with Gasteiger partial charge in [0.05, 0.1) is 19.4 Å². The Morgan fingerprint density at radius 2 is 1.41 bits per heavy atom. The first-order chi connectivity index (χ1) is 32.7. The molecule has 1 aromatic heterocycles. The first kappa shape index (κ1) is 54.3. The number of likely N-dealkylation sites (N-methyl/N-ethyl adjacent to an activating group) is 1. The summed E-state index contributed by atoms with van der Waals surface area (Å²) in [6, 6.07) is 14.6. The minimum absolute atomic E-state index is 0.0170. The Kier molecular flexibility index (Phi) is 20.2. The van der Waals surface area contributed by atoms with Gasteiger partial charge < -0.3 is 51.5 Å². The highest BCUT2D eigenvalue weighted by Crippen LogP contribution is 2.20. The Morgan fingerprint density at radius 1 is 0.768 bits per heavy atom. The Balaban J connectivity index is 1.50. The lowest BCUT2D eigenvalue weighted by Crippen LogP contribution is -2.59. The van der Waals surface area contributed by atoms with Gasteiger partial charge in [-0.05, 0) is 47.2 Å². The number of fused-ring (bicyclic) bond motifs is 1. The average molecular weight is 977 g/mol. The zero-order valence-corrected chi connectivity index (χ0v) is 39.5. The van der Waals surface area contributed by atoms with Crippen molar-refractivity contribution in [3.05, 3.63) is 102 Å². The van der Waals surface area contributed by atoms with Crippen LogP contribution < -0.4 is 36.5 Å². The molecule has 0 fully saturated rings. The fourth-order valence-corrected chi connectivity index (χ4v) is 7.76. The quantitative estimate of drug-likeness (QED) is 0.0383. The number of aliphatic carboxylic acids is 1. The maximum Gasteiger partial charge on any atom is 0.446 e. The zero-order valence-electron chi connectivity index (χ0n) is 38.7. The molecule has 21 nitrogen and oxygen atoms in total. The van der Waals surface area contributed by atoms with Crippen LogP contribution in [0.1, 0.15) is 69.6 Å². The first-order valence-electron chi connectivity index (χ1n) is 22.3. The van der Waals surface area contributed by atoms with E-state index in [2.05, 4.69) is 35.8 Å². The lowest BCUT2D eigenvalue weighted by atomic mass is 9.98. The predicted octanol–water partition coefficient (Wildman–Crippen LogP) is 1.46. The number of unbranched alkanes of at least 4 members (excludes halogenated alkanes) is 1. The second kappa shape index (κ2) is 25.7. The lowest BCUT2D eigenvalue weighted by Gasteiger charge is -2.30. The van der Waals surface area contributed by atoms with Crippen LogP contribution in [0.4, 0.5) is 0 Å². The van der Waals surface area contributed by atoms with E-state index < -0.39 is 107 Å². The molecule has 22 heteroatoms. The number of nitrogens with one attached hydrogen (secondary N) is 6. The largest absolute Gasteiger partial charge is 0.481 e.